The van der Waals surface area contributed by atoms with Crippen LogP contribution in [-0.2, 0) is 13.1 Å². The first kappa shape index (κ1) is 21.7. The second-order valence-corrected chi connectivity index (χ2v) is 6.10. The summed E-state index contributed by atoms with van der Waals surface area (Å²) in [7, 11) is 3.42. The summed E-state index contributed by atoms with van der Waals surface area (Å²) < 4.78 is 11.0. The van der Waals surface area contributed by atoms with Crippen LogP contribution in [0.4, 0.5) is 0 Å². The minimum atomic E-state index is 0. The molecule has 3 aromatic rings. The fraction of sp³-hybridized carbons (Fsp3) is 0.238. The van der Waals surface area contributed by atoms with E-state index in [0.717, 1.165) is 22.6 Å². The molecule has 1 aromatic heterocycles. The van der Waals surface area contributed by atoms with Gasteiger partial charge in [-0.05, 0) is 30.7 Å². The molecule has 7 heteroatoms. The van der Waals surface area contributed by atoms with Crippen LogP contribution in [0.3, 0.4) is 0 Å². The van der Waals surface area contributed by atoms with Gasteiger partial charge >= 0.3 is 0 Å². The Labute approximate surface area is 182 Å². The van der Waals surface area contributed by atoms with E-state index in [1.54, 1.807) is 20.4 Å². The molecule has 0 atom stereocenters. The number of methoxy groups -OCH3 is 1. The Morgan fingerprint density at radius 1 is 1.11 bits per heavy atom. The van der Waals surface area contributed by atoms with Gasteiger partial charge in [0, 0.05) is 24.7 Å². The molecular weight excluding hydrogens is 467 g/mol. The number of nitrogens with one attached hydrogen (secondary N) is 2. The molecule has 0 spiro atoms. The van der Waals surface area contributed by atoms with E-state index in [2.05, 4.69) is 32.7 Å². The number of hydrogen-bond acceptors (Lipinski definition) is 4. The highest BCUT2D eigenvalue weighted by Gasteiger charge is 2.08. The van der Waals surface area contributed by atoms with Gasteiger partial charge in [0.05, 0.1) is 19.3 Å². The van der Waals surface area contributed by atoms with Gasteiger partial charge in [0.25, 0.3) is 0 Å². The molecule has 0 aliphatic heterocycles. The number of ether oxygens (including phenoxy) is 1. The van der Waals surface area contributed by atoms with Crippen molar-refractivity contribution in [2.75, 3.05) is 14.2 Å². The summed E-state index contributed by atoms with van der Waals surface area (Å²) in [4.78, 5) is 8.76. The average Bonchev–Trinajstić information content (AvgIpc) is 3.18. The minimum absolute atomic E-state index is 0. The zero-order chi connectivity index (χ0) is 19.1. The van der Waals surface area contributed by atoms with E-state index < -0.39 is 0 Å². The SMILES string of the molecule is CN=C(NCc1coc(-c2ccccc2)n1)NCc1ccc(C)cc1OC.I. The van der Waals surface area contributed by atoms with E-state index in [1.807, 2.05) is 43.3 Å². The molecule has 28 heavy (non-hydrogen) atoms. The number of rotatable bonds is 6. The normalized spacial score (nSPS) is 10.9. The Morgan fingerprint density at radius 3 is 2.57 bits per heavy atom. The molecule has 0 fully saturated rings. The van der Waals surface area contributed by atoms with Crippen molar-refractivity contribution in [1.29, 1.82) is 0 Å². The predicted octanol–water partition coefficient (Wildman–Crippen LogP) is 4.14. The van der Waals surface area contributed by atoms with Gasteiger partial charge in [-0.3, -0.25) is 4.99 Å². The van der Waals surface area contributed by atoms with Crippen molar-refractivity contribution >= 4 is 29.9 Å². The summed E-state index contributed by atoms with van der Waals surface area (Å²) in [5.41, 5.74) is 4.00. The molecule has 0 radical (unpaired) electrons. The van der Waals surface area contributed by atoms with Crippen molar-refractivity contribution in [1.82, 2.24) is 15.6 Å². The van der Waals surface area contributed by atoms with Crippen LogP contribution in [0, 0.1) is 6.92 Å². The number of halogens is 1. The number of oxazole rings is 1. The number of aryl methyl sites for hydroxylation is 1. The smallest absolute Gasteiger partial charge is 0.226 e. The van der Waals surface area contributed by atoms with Gasteiger partial charge in [-0.2, -0.15) is 0 Å². The molecule has 2 aromatic carbocycles. The van der Waals surface area contributed by atoms with Crippen molar-refractivity contribution in [2.45, 2.75) is 20.0 Å². The van der Waals surface area contributed by atoms with Gasteiger partial charge < -0.3 is 19.8 Å². The Morgan fingerprint density at radius 2 is 1.86 bits per heavy atom. The maximum atomic E-state index is 5.56. The number of aliphatic imine (C=N–C) groups is 1. The van der Waals surface area contributed by atoms with Gasteiger partial charge in [0.15, 0.2) is 5.96 Å². The minimum Gasteiger partial charge on any atom is -0.496 e. The lowest BCUT2D eigenvalue weighted by atomic mass is 10.1. The van der Waals surface area contributed by atoms with Crippen molar-refractivity contribution in [3.63, 3.8) is 0 Å². The van der Waals surface area contributed by atoms with Gasteiger partial charge in [0.1, 0.15) is 12.0 Å². The Hall–Kier alpha value is -2.55. The summed E-state index contributed by atoms with van der Waals surface area (Å²) in [5, 5.41) is 6.53. The van der Waals surface area contributed by atoms with Crippen LogP contribution in [0.1, 0.15) is 16.8 Å². The van der Waals surface area contributed by atoms with Crippen molar-refractivity contribution in [3.05, 3.63) is 71.6 Å². The second kappa shape index (κ2) is 10.7. The van der Waals surface area contributed by atoms with Gasteiger partial charge in [-0.15, -0.1) is 24.0 Å². The monoisotopic (exact) mass is 492 g/mol. The maximum Gasteiger partial charge on any atom is 0.226 e. The van der Waals surface area contributed by atoms with Crippen molar-refractivity contribution in [2.24, 2.45) is 4.99 Å². The fourth-order valence-electron chi connectivity index (χ4n) is 2.67. The van der Waals surface area contributed by atoms with Crippen LogP contribution < -0.4 is 15.4 Å². The highest BCUT2D eigenvalue weighted by molar-refractivity contribution is 14.0. The molecule has 2 N–H and O–H groups in total. The first-order chi connectivity index (χ1) is 13.2. The summed E-state index contributed by atoms with van der Waals surface area (Å²) in [5.74, 6) is 2.16. The molecule has 0 bridgehead atoms. The number of aromatic nitrogens is 1. The highest BCUT2D eigenvalue weighted by atomic mass is 127. The first-order valence-corrected chi connectivity index (χ1v) is 8.77. The summed E-state index contributed by atoms with van der Waals surface area (Å²) in [6.45, 7) is 3.17. The van der Waals surface area contributed by atoms with Crippen LogP contribution in [0.25, 0.3) is 11.5 Å². The predicted molar refractivity (Wildman–Crippen MR) is 122 cm³/mol. The molecule has 0 unspecified atom stereocenters. The van der Waals surface area contributed by atoms with Crippen LogP contribution in [-0.4, -0.2) is 25.1 Å². The molecule has 0 aliphatic carbocycles. The summed E-state index contributed by atoms with van der Waals surface area (Å²) in [6, 6.07) is 16.0. The van der Waals surface area contributed by atoms with Crippen LogP contribution >= 0.6 is 24.0 Å². The Balaban J connectivity index is 0.00000280. The summed E-state index contributed by atoms with van der Waals surface area (Å²) in [6.07, 6.45) is 1.66. The van der Waals surface area contributed by atoms with Crippen molar-refractivity contribution < 1.29 is 9.15 Å². The van der Waals surface area contributed by atoms with E-state index in [4.69, 9.17) is 9.15 Å². The second-order valence-electron chi connectivity index (χ2n) is 6.10. The van der Waals surface area contributed by atoms with Gasteiger partial charge in [-0.25, -0.2) is 4.98 Å². The molecule has 148 valence electrons. The standard InChI is InChI=1S/C21H24N4O2.HI/c1-15-9-10-17(19(11-15)26-3)12-23-21(22-2)24-13-18-14-27-20(25-18)16-7-5-4-6-8-16;/h4-11,14H,12-13H2,1-3H3,(H2,22,23,24);1H. The van der Waals surface area contributed by atoms with Gasteiger partial charge in [0.2, 0.25) is 5.89 Å². The zero-order valence-corrected chi connectivity index (χ0v) is 18.6. The van der Waals surface area contributed by atoms with Crippen LogP contribution in [0.2, 0.25) is 0 Å². The number of benzene rings is 2. The quantitative estimate of drug-likeness (QED) is 0.308. The zero-order valence-electron chi connectivity index (χ0n) is 16.2. The third-order valence-electron chi connectivity index (χ3n) is 4.12. The van der Waals surface area contributed by atoms with E-state index in [-0.39, 0.29) is 24.0 Å². The lowest BCUT2D eigenvalue weighted by molar-refractivity contribution is 0.408. The molecule has 1 heterocycles. The third-order valence-corrected chi connectivity index (χ3v) is 4.12. The Kier molecular flexibility index (Phi) is 8.31. The third kappa shape index (κ3) is 5.72. The molecule has 0 amide bonds. The maximum absolute atomic E-state index is 5.56. The fourth-order valence-corrected chi connectivity index (χ4v) is 2.67. The lowest BCUT2D eigenvalue weighted by Crippen LogP contribution is -2.36. The van der Waals surface area contributed by atoms with E-state index in [1.165, 1.54) is 5.56 Å². The largest absolute Gasteiger partial charge is 0.496 e. The van der Waals surface area contributed by atoms with E-state index in [9.17, 15) is 0 Å². The summed E-state index contributed by atoms with van der Waals surface area (Å²) >= 11 is 0. The molecule has 0 saturated heterocycles. The van der Waals surface area contributed by atoms with E-state index >= 15 is 0 Å². The van der Waals surface area contributed by atoms with Crippen LogP contribution in [0.15, 0.2) is 64.2 Å². The molecule has 6 nitrogen and oxygen atoms in total. The number of hydrogen-bond donors (Lipinski definition) is 2. The first-order valence-electron chi connectivity index (χ1n) is 8.77. The topological polar surface area (TPSA) is 71.7 Å². The Bertz CT molecular complexity index is 910. The number of guanidine groups is 1. The lowest BCUT2D eigenvalue weighted by Gasteiger charge is -2.13. The highest BCUT2D eigenvalue weighted by Crippen LogP contribution is 2.20. The molecule has 3 rings (SSSR count). The molecule has 0 saturated carbocycles. The van der Waals surface area contributed by atoms with E-state index in [0.29, 0.717) is 24.9 Å². The molecular formula is C21H25IN4O2. The average molecular weight is 492 g/mol. The number of nitrogens with zero attached hydrogens (tertiary/aromatic N) is 2. The molecule has 0 aliphatic rings. The van der Waals surface area contributed by atoms with Crippen LogP contribution in [0.5, 0.6) is 5.75 Å². The van der Waals surface area contributed by atoms with Crippen molar-refractivity contribution in [3.8, 4) is 17.2 Å². The van der Waals surface area contributed by atoms with Gasteiger partial charge in [-0.1, -0.05) is 30.3 Å².